The normalized spacial score (nSPS) is 28.6. The third kappa shape index (κ3) is 2.31. The van der Waals surface area contributed by atoms with Crippen LogP contribution < -0.4 is 5.32 Å². The Balaban J connectivity index is 1.76. The lowest BCUT2D eigenvalue weighted by Crippen LogP contribution is -2.52. The molecule has 2 unspecified atom stereocenters. The number of carbonyl (C=O) groups is 1. The van der Waals surface area contributed by atoms with E-state index in [-0.39, 0.29) is 5.91 Å². The zero-order valence-corrected chi connectivity index (χ0v) is 11.4. The summed E-state index contributed by atoms with van der Waals surface area (Å²) in [6.07, 6.45) is 6.04. The van der Waals surface area contributed by atoms with Gasteiger partial charge >= 0.3 is 0 Å². The van der Waals surface area contributed by atoms with E-state index in [0.29, 0.717) is 12.1 Å². The first-order valence-corrected chi connectivity index (χ1v) is 7.87. The number of nitrogens with one attached hydrogen (secondary N) is 1. The molecule has 18 heavy (non-hydrogen) atoms. The van der Waals surface area contributed by atoms with E-state index in [1.807, 2.05) is 16.8 Å². The molecule has 0 radical (unpaired) electrons. The van der Waals surface area contributed by atoms with Crippen LogP contribution in [0.3, 0.4) is 0 Å². The van der Waals surface area contributed by atoms with Crippen molar-refractivity contribution in [3.05, 3.63) is 22.4 Å². The molecule has 4 heteroatoms. The number of thiophene rings is 1. The molecule has 3 heterocycles. The highest BCUT2D eigenvalue weighted by molar-refractivity contribution is 7.08. The molecule has 2 aliphatic heterocycles. The molecule has 1 N–H and O–H groups in total. The van der Waals surface area contributed by atoms with Gasteiger partial charge < -0.3 is 10.2 Å². The average Bonchev–Trinajstić information content (AvgIpc) is 3.11. The smallest absolute Gasteiger partial charge is 0.255 e. The van der Waals surface area contributed by atoms with Crippen LogP contribution in [-0.4, -0.2) is 36.0 Å². The maximum Gasteiger partial charge on any atom is 0.255 e. The van der Waals surface area contributed by atoms with E-state index in [9.17, 15) is 4.79 Å². The van der Waals surface area contributed by atoms with Crippen molar-refractivity contribution in [2.75, 3.05) is 13.1 Å². The van der Waals surface area contributed by atoms with E-state index >= 15 is 0 Å². The Morgan fingerprint density at radius 2 is 2.28 bits per heavy atom. The molecular formula is C14H20N2OS. The number of hydrogen-bond acceptors (Lipinski definition) is 3. The molecule has 0 aromatic carbocycles. The molecule has 98 valence electrons. The SMILES string of the molecule is O=C(c1ccsc1)N1CCCCC1C1CCCN1. The summed E-state index contributed by atoms with van der Waals surface area (Å²) in [7, 11) is 0. The van der Waals surface area contributed by atoms with Gasteiger partial charge in [0, 0.05) is 24.0 Å². The lowest BCUT2D eigenvalue weighted by Gasteiger charge is -2.39. The van der Waals surface area contributed by atoms with Crippen LogP contribution >= 0.6 is 11.3 Å². The molecule has 3 nitrogen and oxygen atoms in total. The fraction of sp³-hybridized carbons (Fsp3) is 0.643. The van der Waals surface area contributed by atoms with E-state index in [1.54, 1.807) is 11.3 Å². The highest BCUT2D eigenvalue weighted by Crippen LogP contribution is 2.26. The third-order valence-electron chi connectivity index (χ3n) is 4.14. The average molecular weight is 264 g/mol. The van der Waals surface area contributed by atoms with Crippen molar-refractivity contribution in [3.8, 4) is 0 Å². The van der Waals surface area contributed by atoms with Crippen molar-refractivity contribution in [2.45, 2.75) is 44.2 Å². The first-order valence-electron chi connectivity index (χ1n) is 6.93. The molecule has 1 aromatic heterocycles. The second-order valence-corrected chi connectivity index (χ2v) is 6.06. The number of carbonyl (C=O) groups excluding carboxylic acids is 1. The van der Waals surface area contributed by atoms with Crippen molar-refractivity contribution in [1.29, 1.82) is 0 Å². The minimum Gasteiger partial charge on any atom is -0.334 e. The summed E-state index contributed by atoms with van der Waals surface area (Å²) in [5.41, 5.74) is 0.866. The molecule has 3 rings (SSSR count). The van der Waals surface area contributed by atoms with Gasteiger partial charge in [-0.25, -0.2) is 0 Å². The number of hydrogen-bond donors (Lipinski definition) is 1. The Kier molecular flexibility index (Phi) is 3.66. The van der Waals surface area contributed by atoms with E-state index in [2.05, 4.69) is 10.2 Å². The minimum atomic E-state index is 0.231. The number of piperidine rings is 1. The molecule has 0 aliphatic carbocycles. The van der Waals surface area contributed by atoms with Crippen molar-refractivity contribution in [2.24, 2.45) is 0 Å². The largest absolute Gasteiger partial charge is 0.334 e. The van der Waals surface area contributed by atoms with Crippen LogP contribution in [0.15, 0.2) is 16.8 Å². The predicted octanol–water partition coefficient (Wildman–Crippen LogP) is 2.49. The topological polar surface area (TPSA) is 32.3 Å². The summed E-state index contributed by atoms with van der Waals surface area (Å²) in [5, 5.41) is 7.52. The van der Waals surface area contributed by atoms with Gasteiger partial charge in [0.2, 0.25) is 0 Å². The molecule has 1 aromatic rings. The summed E-state index contributed by atoms with van der Waals surface area (Å²) in [6, 6.07) is 2.88. The highest BCUT2D eigenvalue weighted by Gasteiger charge is 2.34. The first-order chi connectivity index (χ1) is 8.86. The molecular weight excluding hydrogens is 244 g/mol. The van der Waals surface area contributed by atoms with E-state index in [0.717, 1.165) is 31.5 Å². The Labute approximate surface area is 112 Å². The molecule has 0 bridgehead atoms. The van der Waals surface area contributed by atoms with Crippen molar-refractivity contribution < 1.29 is 4.79 Å². The fourth-order valence-electron chi connectivity index (χ4n) is 3.22. The van der Waals surface area contributed by atoms with Gasteiger partial charge in [-0.1, -0.05) is 0 Å². The fourth-order valence-corrected chi connectivity index (χ4v) is 3.85. The minimum absolute atomic E-state index is 0.231. The lowest BCUT2D eigenvalue weighted by atomic mass is 9.94. The molecule has 2 fully saturated rings. The van der Waals surface area contributed by atoms with Gasteiger partial charge in [-0.2, -0.15) is 11.3 Å². The van der Waals surface area contributed by atoms with E-state index in [4.69, 9.17) is 0 Å². The van der Waals surface area contributed by atoms with Gasteiger partial charge in [0.1, 0.15) is 0 Å². The monoisotopic (exact) mass is 264 g/mol. The highest BCUT2D eigenvalue weighted by atomic mass is 32.1. The molecule has 1 amide bonds. The number of likely N-dealkylation sites (tertiary alicyclic amines) is 1. The van der Waals surface area contributed by atoms with Crippen LogP contribution in [0, 0.1) is 0 Å². The van der Waals surface area contributed by atoms with Crippen LogP contribution in [0.2, 0.25) is 0 Å². The lowest BCUT2D eigenvalue weighted by molar-refractivity contribution is 0.0564. The number of rotatable bonds is 2. The Bertz CT molecular complexity index is 398. The molecule has 2 saturated heterocycles. The summed E-state index contributed by atoms with van der Waals surface area (Å²) < 4.78 is 0. The van der Waals surface area contributed by atoms with Crippen LogP contribution in [0.5, 0.6) is 0 Å². The molecule has 0 saturated carbocycles. The quantitative estimate of drug-likeness (QED) is 0.890. The van der Waals surface area contributed by atoms with Gasteiger partial charge in [0.15, 0.2) is 0 Å². The van der Waals surface area contributed by atoms with Crippen LogP contribution in [0.25, 0.3) is 0 Å². The van der Waals surface area contributed by atoms with E-state index in [1.165, 1.54) is 19.3 Å². The second kappa shape index (κ2) is 5.41. The Morgan fingerprint density at radius 1 is 1.33 bits per heavy atom. The molecule has 2 atom stereocenters. The van der Waals surface area contributed by atoms with Crippen LogP contribution in [0.4, 0.5) is 0 Å². The Morgan fingerprint density at radius 3 is 3.00 bits per heavy atom. The van der Waals surface area contributed by atoms with Gasteiger partial charge in [-0.05, 0) is 50.1 Å². The second-order valence-electron chi connectivity index (χ2n) is 5.28. The van der Waals surface area contributed by atoms with Crippen LogP contribution in [-0.2, 0) is 0 Å². The van der Waals surface area contributed by atoms with Crippen LogP contribution in [0.1, 0.15) is 42.5 Å². The third-order valence-corrected chi connectivity index (χ3v) is 4.82. The van der Waals surface area contributed by atoms with Crippen molar-refractivity contribution >= 4 is 17.2 Å². The summed E-state index contributed by atoms with van der Waals surface area (Å²) in [6.45, 7) is 2.04. The summed E-state index contributed by atoms with van der Waals surface area (Å²) >= 11 is 1.60. The summed E-state index contributed by atoms with van der Waals surface area (Å²) in [4.78, 5) is 14.7. The van der Waals surface area contributed by atoms with Crippen molar-refractivity contribution in [1.82, 2.24) is 10.2 Å². The van der Waals surface area contributed by atoms with Gasteiger partial charge in [0.05, 0.1) is 5.56 Å². The Hall–Kier alpha value is -0.870. The number of nitrogens with zero attached hydrogens (tertiary/aromatic N) is 1. The number of amides is 1. The maximum absolute atomic E-state index is 12.5. The molecule has 2 aliphatic rings. The molecule has 0 spiro atoms. The first kappa shape index (κ1) is 12.2. The van der Waals surface area contributed by atoms with E-state index < -0.39 is 0 Å². The van der Waals surface area contributed by atoms with Gasteiger partial charge in [-0.15, -0.1) is 0 Å². The zero-order chi connectivity index (χ0) is 12.4. The van der Waals surface area contributed by atoms with Crippen molar-refractivity contribution in [3.63, 3.8) is 0 Å². The van der Waals surface area contributed by atoms with Gasteiger partial charge in [0.25, 0.3) is 5.91 Å². The summed E-state index contributed by atoms with van der Waals surface area (Å²) in [5.74, 6) is 0.231. The standard InChI is InChI=1S/C14H20N2OS/c17-14(11-6-9-18-10-11)16-8-2-1-5-13(16)12-4-3-7-15-12/h6,9-10,12-13,15H,1-5,7-8H2. The predicted molar refractivity (Wildman–Crippen MR) is 74.0 cm³/mol. The van der Waals surface area contributed by atoms with Gasteiger partial charge in [-0.3, -0.25) is 4.79 Å². The maximum atomic E-state index is 12.5. The zero-order valence-electron chi connectivity index (χ0n) is 10.6.